The third-order valence-electron chi connectivity index (χ3n) is 5.72. The van der Waals surface area contributed by atoms with E-state index < -0.39 is 0 Å². The van der Waals surface area contributed by atoms with Gasteiger partial charge in [0.25, 0.3) is 0 Å². The van der Waals surface area contributed by atoms with Crippen molar-refractivity contribution in [3.8, 4) is 0 Å². The van der Waals surface area contributed by atoms with E-state index in [2.05, 4.69) is 74.7 Å². The molecule has 4 nitrogen and oxygen atoms in total. The lowest BCUT2D eigenvalue weighted by Gasteiger charge is -2.21. The Kier molecular flexibility index (Phi) is 5.06. The van der Waals surface area contributed by atoms with E-state index in [0.29, 0.717) is 18.8 Å². The third-order valence-corrected chi connectivity index (χ3v) is 6.25. The molecule has 2 heterocycles. The van der Waals surface area contributed by atoms with Crippen LogP contribution in [0, 0.1) is 0 Å². The van der Waals surface area contributed by atoms with Crippen molar-refractivity contribution in [2.75, 3.05) is 11.4 Å². The van der Waals surface area contributed by atoms with Crippen LogP contribution in [-0.2, 0) is 11.3 Å². The second-order valence-corrected chi connectivity index (χ2v) is 8.64. The van der Waals surface area contributed by atoms with Gasteiger partial charge in [0.05, 0.1) is 19.1 Å². The number of aromatic nitrogens is 2. The van der Waals surface area contributed by atoms with E-state index in [0.717, 1.165) is 43.3 Å². The highest BCUT2D eigenvalue weighted by atomic mass is 79.9. The van der Waals surface area contributed by atoms with Gasteiger partial charge in [0.2, 0.25) is 0 Å². The van der Waals surface area contributed by atoms with Crippen molar-refractivity contribution in [3.63, 3.8) is 0 Å². The Morgan fingerprint density at radius 2 is 1.81 bits per heavy atom. The highest BCUT2D eigenvalue weighted by Gasteiger charge is 2.30. The zero-order valence-electron chi connectivity index (χ0n) is 17.0. The standard InChI is InChI=1S/C26H20BrN3O/c1-18-14-30(25-13-28-17-29(25)15-19-9-11-21(27)12-10-19)24(16-31)26(18)23-8-4-6-20-5-2-3-7-22(20)23/h2-13,17H,14-15H2,1H3. The lowest BCUT2D eigenvalue weighted by molar-refractivity contribution is 0.567. The molecule has 31 heavy (non-hydrogen) atoms. The van der Waals surface area contributed by atoms with Crippen molar-refractivity contribution in [3.05, 3.63) is 106 Å². The molecular formula is C26H20BrN3O. The summed E-state index contributed by atoms with van der Waals surface area (Å²) in [5.74, 6) is 3.12. The normalized spacial score (nSPS) is 13.9. The molecule has 0 saturated carbocycles. The van der Waals surface area contributed by atoms with Crippen LogP contribution in [0.4, 0.5) is 5.82 Å². The van der Waals surface area contributed by atoms with Crippen molar-refractivity contribution >= 4 is 44.0 Å². The molecule has 0 spiro atoms. The van der Waals surface area contributed by atoms with Crippen molar-refractivity contribution in [2.45, 2.75) is 13.5 Å². The Morgan fingerprint density at radius 3 is 2.61 bits per heavy atom. The van der Waals surface area contributed by atoms with Gasteiger partial charge in [0.1, 0.15) is 11.5 Å². The second kappa shape index (κ2) is 8.03. The number of halogens is 1. The van der Waals surface area contributed by atoms with Gasteiger partial charge in [-0.05, 0) is 46.5 Å². The number of hydrogen-bond donors (Lipinski definition) is 0. The number of benzene rings is 3. The SMILES string of the molecule is CC1=C(c2cccc3ccccc23)C(=C=O)N(c2cncn2Cc2ccc(Br)cc2)C1. The van der Waals surface area contributed by atoms with Crippen molar-refractivity contribution < 1.29 is 4.79 Å². The fourth-order valence-corrected chi connectivity index (χ4v) is 4.55. The zero-order valence-corrected chi connectivity index (χ0v) is 18.6. The lowest BCUT2D eigenvalue weighted by atomic mass is 9.95. The third kappa shape index (κ3) is 3.52. The van der Waals surface area contributed by atoms with Gasteiger partial charge >= 0.3 is 0 Å². The summed E-state index contributed by atoms with van der Waals surface area (Å²) in [5.41, 5.74) is 4.90. The molecule has 0 amide bonds. The summed E-state index contributed by atoms with van der Waals surface area (Å²) >= 11 is 3.48. The first-order chi connectivity index (χ1) is 15.2. The molecule has 1 aromatic heterocycles. The van der Waals surface area contributed by atoms with Crippen molar-refractivity contribution in [2.24, 2.45) is 0 Å². The number of hydrogen-bond acceptors (Lipinski definition) is 3. The molecule has 0 radical (unpaired) electrons. The molecule has 1 aliphatic heterocycles. The molecule has 0 N–H and O–H groups in total. The summed E-state index contributed by atoms with van der Waals surface area (Å²) < 4.78 is 3.12. The van der Waals surface area contributed by atoms with Crippen LogP contribution in [0.5, 0.6) is 0 Å². The first-order valence-electron chi connectivity index (χ1n) is 10.1. The minimum atomic E-state index is 0.561. The number of nitrogens with zero attached hydrogens (tertiary/aromatic N) is 3. The average Bonchev–Trinajstić information content (AvgIpc) is 3.38. The zero-order chi connectivity index (χ0) is 21.4. The molecular weight excluding hydrogens is 450 g/mol. The Hall–Kier alpha value is -3.40. The van der Waals surface area contributed by atoms with Crippen LogP contribution in [-0.4, -0.2) is 22.0 Å². The van der Waals surface area contributed by atoms with Gasteiger partial charge in [-0.3, -0.25) is 0 Å². The molecule has 5 heteroatoms. The van der Waals surface area contributed by atoms with Crippen LogP contribution in [0.2, 0.25) is 0 Å². The van der Waals surface area contributed by atoms with Crippen LogP contribution >= 0.6 is 15.9 Å². The molecule has 0 aliphatic carbocycles. The monoisotopic (exact) mass is 469 g/mol. The fourth-order valence-electron chi connectivity index (χ4n) is 4.28. The highest BCUT2D eigenvalue weighted by molar-refractivity contribution is 9.10. The van der Waals surface area contributed by atoms with Gasteiger partial charge in [-0.15, -0.1) is 0 Å². The molecule has 1 aliphatic rings. The van der Waals surface area contributed by atoms with E-state index in [4.69, 9.17) is 0 Å². The van der Waals surface area contributed by atoms with Gasteiger partial charge in [0, 0.05) is 16.6 Å². The smallest absolute Gasteiger partial charge is 0.151 e. The lowest BCUT2D eigenvalue weighted by Crippen LogP contribution is -2.22. The molecule has 152 valence electrons. The molecule has 3 aromatic carbocycles. The second-order valence-electron chi connectivity index (χ2n) is 7.73. The van der Waals surface area contributed by atoms with Crippen LogP contribution in [0.15, 0.2) is 95.0 Å². The van der Waals surface area contributed by atoms with E-state index in [-0.39, 0.29) is 0 Å². The van der Waals surface area contributed by atoms with E-state index in [1.807, 2.05) is 47.8 Å². The number of anilines is 1. The molecule has 0 unspecified atom stereocenters. The van der Waals surface area contributed by atoms with Crippen molar-refractivity contribution in [1.29, 1.82) is 0 Å². The van der Waals surface area contributed by atoms with E-state index in [1.54, 1.807) is 0 Å². The quantitative estimate of drug-likeness (QED) is 0.351. The minimum Gasteiger partial charge on any atom is -0.313 e. The summed E-state index contributed by atoms with van der Waals surface area (Å²) in [5, 5.41) is 2.29. The number of rotatable bonds is 4. The number of carbonyl (C=O) groups excluding carboxylic acids is 1. The number of fused-ring (bicyclic) bond motifs is 1. The summed E-state index contributed by atoms with van der Waals surface area (Å²) in [4.78, 5) is 18.6. The predicted octanol–water partition coefficient (Wildman–Crippen LogP) is 5.86. The van der Waals surface area contributed by atoms with Gasteiger partial charge in [0.15, 0.2) is 5.94 Å². The summed E-state index contributed by atoms with van der Waals surface area (Å²) in [6.45, 7) is 3.40. The maximum atomic E-state index is 12.2. The van der Waals surface area contributed by atoms with Crippen LogP contribution < -0.4 is 4.90 Å². The largest absolute Gasteiger partial charge is 0.313 e. The maximum absolute atomic E-state index is 12.2. The molecule has 0 atom stereocenters. The van der Waals surface area contributed by atoms with Crippen LogP contribution in [0.3, 0.4) is 0 Å². The maximum Gasteiger partial charge on any atom is 0.151 e. The Bertz CT molecular complexity index is 1360. The number of allylic oxidation sites excluding steroid dienone is 1. The van der Waals surface area contributed by atoms with Crippen LogP contribution in [0.25, 0.3) is 16.3 Å². The Labute approximate surface area is 189 Å². The minimum absolute atomic E-state index is 0.561. The van der Waals surface area contributed by atoms with E-state index in [1.165, 1.54) is 0 Å². The molecule has 0 bridgehead atoms. The Balaban J connectivity index is 1.54. The molecule has 0 saturated heterocycles. The van der Waals surface area contributed by atoms with Crippen molar-refractivity contribution in [1.82, 2.24) is 9.55 Å². The molecule has 0 fully saturated rings. The number of imidazole rings is 1. The van der Waals surface area contributed by atoms with E-state index >= 15 is 0 Å². The Morgan fingerprint density at radius 1 is 1.03 bits per heavy atom. The van der Waals surface area contributed by atoms with Gasteiger partial charge < -0.3 is 9.47 Å². The average molecular weight is 470 g/mol. The van der Waals surface area contributed by atoms with Gasteiger partial charge in [-0.1, -0.05) is 70.5 Å². The van der Waals surface area contributed by atoms with Crippen LogP contribution in [0.1, 0.15) is 18.1 Å². The summed E-state index contributed by atoms with van der Waals surface area (Å²) in [6, 6.07) is 22.7. The molecule has 4 aromatic rings. The first kappa shape index (κ1) is 19.6. The van der Waals surface area contributed by atoms with E-state index in [9.17, 15) is 4.79 Å². The molecule has 5 rings (SSSR count). The van der Waals surface area contributed by atoms with Gasteiger partial charge in [-0.2, -0.15) is 0 Å². The fraction of sp³-hybridized carbons (Fsp3) is 0.115. The predicted molar refractivity (Wildman–Crippen MR) is 129 cm³/mol. The topological polar surface area (TPSA) is 38.1 Å². The van der Waals surface area contributed by atoms with Gasteiger partial charge in [-0.25, -0.2) is 9.78 Å². The first-order valence-corrected chi connectivity index (χ1v) is 10.9. The summed E-state index contributed by atoms with van der Waals surface area (Å²) in [7, 11) is 0. The summed E-state index contributed by atoms with van der Waals surface area (Å²) in [6.07, 6.45) is 3.63. The highest BCUT2D eigenvalue weighted by Crippen LogP contribution is 2.40.